The molecule has 0 saturated heterocycles. The topological polar surface area (TPSA) is 41.6 Å². The van der Waals surface area contributed by atoms with Crippen molar-refractivity contribution in [1.82, 2.24) is 4.98 Å². The first kappa shape index (κ1) is 13.3. The minimum Gasteiger partial charge on any atom is -0.497 e. The van der Waals surface area contributed by atoms with Crippen LogP contribution in [0.5, 0.6) is 5.75 Å². The van der Waals surface area contributed by atoms with Gasteiger partial charge in [-0.3, -0.25) is 0 Å². The zero-order valence-electron chi connectivity index (χ0n) is 12.4. The molecule has 3 N–H and O–H groups in total. The van der Waals surface area contributed by atoms with E-state index in [0.29, 0.717) is 0 Å². The Kier molecular flexibility index (Phi) is 3.12. The molecule has 0 bridgehead atoms. The van der Waals surface area contributed by atoms with E-state index in [0.717, 1.165) is 29.8 Å². The zero-order valence-corrected chi connectivity index (χ0v) is 12.4. The fourth-order valence-corrected chi connectivity index (χ4v) is 3.42. The Morgan fingerprint density at radius 2 is 2.14 bits per heavy atom. The molecule has 112 valence electrons. The number of methoxy groups -OCH3 is 1. The van der Waals surface area contributed by atoms with Gasteiger partial charge in [0.1, 0.15) is 11.6 Å². The number of fused-ring (bicyclic) bond motifs is 3. The molecule has 3 aromatic rings. The van der Waals surface area contributed by atoms with Gasteiger partial charge in [0.05, 0.1) is 19.3 Å². The highest BCUT2D eigenvalue weighted by Crippen LogP contribution is 2.32. The number of nitrogens with two attached hydrogens (primary N) is 1. The van der Waals surface area contributed by atoms with Crippen molar-refractivity contribution in [3.8, 4) is 5.75 Å². The summed E-state index contributed by atoms with van der Waals surface area (Å²) in [6.45, 7) is 0.998. The lowest BCUT2D eigenvalue weighted by Gasteiger charge is -2.21. The van der Waals surface area contributed by atoms with Crippen LogP contribution >= 0.6 is 0 Å². The fraction of sp³-hybridized carbons (Fsp3) is 0.222. The molecule has 0 aliphatic carbocycles. The number of halogens is 1. The van der Waals surface area contributed by atoms with Crippen LogP contribution in [0.15, 0.2) is 42.5 Å². The lowest BCUT2D eigenvalue weighted by atomic mass is 9.94. The third-order valence-corrected chi connectivity index (χ3v) is 4.46. The van der Waals surface area contributed by atoms with Crippen molar-refractivity contribution < 1.29 is 14.4 Å². The average Bonchev–Trinajstić information content (AvgIpc) is 2.92. The van der Waals surface area contributed by atoms with Gasteiger partial charge in [-0.15, -0.1) is 0 Å². The predicted octanol–water partition coefficient (Wildman–Crippen LogP) is 2.52. The number of benzene rings is 2. The molecule has 2 aromatic carbocycles. The maximum absolute atomic E-state index is 13.6. The minimum absolute atomic E-state index is 0.123. The molecule has 1 aliphatic rings. The van der Waals surface area contributed by atoms with Gasteiger partial charge in [-0.25, -0.2) is 4.39 Å². The lowest BCUT2D eigenvalue weighted by Crippen LogP contribution is -2.87. The fourth-order valence-electron chi connectivity index (χ4n) is 3.42. The van der Waals surface area contributed by atoms with E-state index in [-0.39, 0.29) is 11.9 Å². The van der Waals surface area contributed by atoms with Crippen molar-refractivity contribution in [2.24, 2.45) is 0 Å². The summed E-state index contributed by atoms with van der Waals surface area (Å²) < 4.78 is 18.9. The molecule has 4 heteroatoms. The zero-order chi connectivity index (χ0) is 15.1. The summed E-state index contributed by atoms with van der Waals surface area (Å²) in [6.07, 6.45) is 1.01. The Labute approximate surface area is 128 Å². The molecule has 0 fully saturated rings. The second-order valence-corrected chi connectivity index (χ2v) is 5.74. The lowest BCUT2D eigenvalue weighted by molar-refractivity contribution is -0.690. The van der Waals surface area contributed by atoms with Gasteiger partial charge in [-0.2, -0.15) is 0 Å². The standard InChI is InChI=1S/C18H17FN2O/c1-22-13-5-6-16-15(10-13)14-7-8-20-17(18(14)21-16)11-3-2-4-12(19)9-11/h2-6,9-10,17,20-21H,7-8H2,1H3/p+1/t17-/m0/s1. The van der Waals surface area contributed by atoms with Gasteiger partial charge in [-0.1, -0.05) is 12.1 Å². The number of nitrogens with one attached hydrogen (secondary N) is 1. The molecule has 0 unspecified atom stereocenters. The molecule has 0 saturated carbocycles. The molecule has 0 spiro atoms. The van der Waals surface area contributed by atoms with Crippen LogP contribution in [-0.4, -0.2) is 18.6 Å². The highest BCUT2D eigenvalue weighted by Gasteiger charge is 2.28. The molecule has 0 radical (unpaired) electrons. The van der Waals surface area contributed by atoms with Crippen LogP contribution in [0.4, 0.5) is 4.39 Å². The van der Waals surface area contributed by atoms with Gasteiger partial charge in [0.2, 0.25) is 0 Å². The van der Waals surface area contributed by atoms with Crippen molar-refractivity contribution in [2.45, 2.75) is 12.5 Å². The Morgan fingerprint density at radius 3 is 2.95 bits per heavy atom. The maximum atomic E-state index is 13.6. The summed E-state index contributed by atoms with van der Waals surface area (Å²) in [6, 6.07) is 13.1. The quantitative estimate of drug-likeness (QED) is 0.750. The van der Waals surface area contributed by atoms with E-state index in [9.17, 15) is 4.39 Å². The van der Waals surface area contributed by atoms with Crippen LogP contribution < -0.4 is 10.1 Å². The molecule has 0 amide bonds. The van der Waals surface area contributed by atoms with Crippen LogP contribution in [-0.2, 0) is 6.42 Å². The van der Waals surface area contributed by atoms with Crippen molar-refractivity contribution >= 4 is 10.9 Å². The molecular formula is C18H18FN2O+. The third-order valence-electron chi connectivity index (χ3n) is 4.46. The molecular weight excluding hydrogens is 279 g/mol. The van der Waals surface area contributed by atoms with Crippen LogP contribution in [0.3, 0.4) is 0 Å². The first-order chi connectivity index (χ1) is 10.8. The molecule has 1 atom stereocenters. The molecule has 1 aromatic heterocycles. The number of aromatic amines is 1. The van der Waals surface area contributed by atoms with Crippen molar-refractivity contribution in [3.63, 3.8) is 0 Å². The summed E-state index contributed by atoms with van der Waals surface area (Å²) in [5.74, 6) is 0.682. The van der Waals surface area contributed by atoms with Gasteiger partial charge in [-0.05, 0) is 35.9 Å². The van der Waals surface area contributed by atoms with Crippen molar-refractivity contribution in [3.05, 3.63) is 65.1 Å². The smallest absolute Gasteiger partial charge is 0.153 e. The molecule has 4 rings (SSSR count). The second kappa shape index (κ2) is 5.14. The van der Waals surface area contributed by atoms with E-state index in [2.05, 4.69) is 22.4 Å². The predicted molar refractivity (Wildman–Crippen MR) is 83.6 cm³/mol. The Hall–Kier alpha value is -2.33. The number of quaternary nitrogens is 1. The number of hydrogen-bond acceptors (Lipinski definition) is 1. The van der Waals surface area contributed by atoms with E-state index in [1.807, 2.05) is 12.1 Å². The van der Waals surface area contributed by atoms with Gasteiger partial charge >= 0.3 is 0 Å². The van der Waals surface area contributed by atoms with Crippen LogP contribution in [0, 0.1) is 5.82 Å². The van der Waals surface area contributed by atoms with Gasteiger partial charge in [0.25, 0.3) is 0 Å². The van der Waals surface area contributed by atoms with E-state index in [1.54, 1.807) is 19.2 Å². The number of hydrogen-bond donors (Lipinski definition) is 2. The SMILES string of the molecule is COc1ccc2[nH]c3c(c2c1)CC[NH2+][C@H]3c1cccc(F)c1. The average molecular weight is 297 g/mol. The Balaban J connectivity index is 1.87. The first-order valence-electron chi connectivity index (χ1n) is 7.53. The summed E-state index contributed by atoms with van der Waals surface area (Å²) in [4.78, 5) is 3.53. The highest BCUT2D eigenvalue weighted by atomic mass is 19.1. The second-order valence-electron chi connectivity index (χ2n) is 5.74. The van der Waals surface area contributed by atoms with Gasteiger partial charge in [0, 0.05) is 22.9 Å². The maximum Gasteiger partial charge on any atom is 0.153 e. The van der Waals surface area contributed by atoms with Crippen LogP contribution in [0.1, 0.15) is 22.9 Å². The van der Waals surface area contributed by atoms with E-state index in [4.69, 9.17) is 4.74 Å². The number of H-pyrrole nitrogens is 1. The molecule has 2 heterocycles. The van der Waals surface area contributed by atoms with E-state index in [1.165, 1.54) is 22.7 Å². The van der Waals surface area contributed by atoms with E-state index < -0.39 is 0 Å². The number of ether oxygens (including phenoxy) is 1. The number of aromatic nitrogens is 1. The Bertz CT molecular complexity index is 840. The normalized spacial score (nSPS) is 17.5. The Morgan fingerprint density at radius 1 is 1.23 bits per heavy atom. The van der Waals surface area contributed by atoms with Gasteiger partial charge < -0.3 is 15.0 Å². The molecule has 3 nitrogen and oxygen atoms in total. The van der Waals surface area contributed by atoms with Crippen molar-refractivity contribution in [1.29, 1.82) is 0 Å². The highest BCUT2D eigenvalue weighted by molar-refractivity contribution is 5.86. The summed E-state index contributed by atoms with van der Waals surface area (Å²) in [5, 5.41) is 3.48. The van der Waals surface area contributed by atoms with Crippen LogP contribution in [0.25, 0.3) is 10.9 Å². The summed E-state index contributed by atoms with van der Waals surface area (Å²) >= 11 is 0. The summed E-state index contributed by atoms with van der Waals surface area (Å²) in [5.41, 5.74) is 4.62. The van der Waals surface area contributed by atoms with Crippen LogP contribution in [0.2, 0.25) is 0 Å². The molecule has 1 aliphatic heterocycles. The third kappa shape index (κ3) is 2.07. The minimum atomic E-state index is -0.184. The summed E-state index contributed by atoms with van der Waals surface area (Å²) in [7, 11) is 1.68. The van der Waals surface area contributed by atoms with Gasteiger partial charge in [0.15, 0.2) is 6.04 Å². The largest absolute Gasteiger partial charge is 0.497 e. The molecule has 22 heavy (non-hydrogen) atoms. The monoisotopic (exact) mass is 297 g/mol. The van der Waals surface area contributed by atoms with Crippen molar-refractivity contribution in [2.75, 3.05) is 13.7 Å². The van der Waals surface area contributed by atoms with E-state index >= 15 is 0 Å². The number of rotatable bonds is 2. The first-order valence-corrected chi connectivity index (χ1v) is 7.53.